The molecule has 1 saturated carbocycles. The zero-order valence-electron chi connectivity index (χ0n) is 11.4. The predicted octanol–water partition coefficient (Wildman–Crippen LogP) is 3.28. The maximum atomic E-state index is 11.1. The SMILES string of the molecule is CCCOC1C(N)CC1Oc1c(Br)cc(Cl)cc1[N+](=O)[O-]. The van der Waals surface area contributed by atoms with E-state index in [-0.39, 0.29) is 34.7 Å². The molecule has 1 aliphatic carbocycles. The van der Waals surface area contributed by atoms with E-state index < -0.39 is 4.92 Å². The summed E-state index contributed by atoms with van der Waals surface area (Å²) in [5.41, 5.74) is 5.72. The number of nitro groups is 1. The van der Waals surface area contributed by atoms with Crippen LogP contribution in [0.2, 0.25) is 5.02 Å². The molecule has 1 aromatic rings. The van der Waals surface area contributed by atoms with E-state index in [2.05, 4.69) is 15.9 Å². The van der Waals surface area contributed by atoms with Gasteiger partial charge in [-0.2, -0.15) is 0 Å². The van der Waals surface area contributed by atoms with Gasteiger partial charge in [0, 0.05) is 30.2 Å². The lowest BCUT2D eigenvalue weighted by Gasteiger charge is -2.41. The summed E-state index contributed by atoms with van der Waals surface area (Å²) in [6.45, 7) is 2.59. The molecule has 6 nitrogen and oxygen atoms in total. The van der Waals surface area contributed by atoms with Gasteiger partial charge in [-0.3, -0.25) is 10.1 Å². The summed E-state index contributed by atoms with van der Waals surface area (Å²) in [6.07, 6.45) is 0.941. The minimum atomic E-state index is -0.521. The monoisotopic (exact) mass is 378 g/mol. The van der Waals surface area contributed by atoms with Gasteiger partial charge >= 0.3 is 5.69 Å². The van der Waals surface area contributed by atoms with Crippen LogP contribution >= 0.6 is 27.5 Å². The third-order valence-corrected chi connectivity index (χ3v) is 4.07. The van der Waals surface area contributed by atoms with Crippen LogP contribution < -0.4 is 10.5 Å². The molecule has 3 unspecified atom stereocenters. The Balaban J connectivity index is 2.18. The molecule has 0 radical (unpaired) electrons. The Hall–Kier alpha value is -0.890. The number of nitro benzene ring substituents is 1. The molecule has 1 aliphatic rings. The fourth-order valence-corrected chi connectivity index (χ4v) is 3.05. The van der Waals surface area contributed by atoms with Crippen LogP contribution in [-0.2, 0) is 4.74 Å². The van der Waals surface area contributed by atoms with E-state index in [0.717, 1.165) is 6.42 Å². The Morgan fingerprint density at radius 3 is 2.86 bits per heavy atom. The van der Waals surface area contributed by atoms with Gasteiger partial charge in [-0.15, -0.1) is 0 Å². The molecule has 1 aromatic carbocycles. The highest BCUT2D eigenvalue weighted by Crippen LogP contribution is 2.40. The van der Waals surface area contributed by atoms with E-state index in [1.54, 1.807) is 6.07 Å². The van der Waals surface area contributed by atoms with Crippen molar-refractivity contribution in [3.05, 3.63) is 31.7 Å². The summed E-state index contributed by atoms with van der Waals surface area (Å²) in [5.74, 6) is 0.159. The second kappa shape index (κ2) is 6.91. The van der Waals surface area contributed by atoms with Crippen LogP contribution in [0.5, 0.6) is 5.75 Å². The van der Waals surface area contributed by atoms with Crippen molar-refractivity contribution in [3.8, 4) is 5.75 Å². The quantitative estimate of drug-likeness (QED) is 0.605. The van der Waals surface area contributed by atoms with E-state index in [4.69, 9.17) is 26.8 Å². The number of rotatable bonds is 6. The number of hydrogen-bond donors (Lipinski definition) is 1. The van der Waals surface area contributed by atoms with E-state index in [1.807, 2.05) is 6.92 Å². The zero-order valence-corrected chi connectivity index (χ0v) is 13.8. The molecule has 0 aromatic heterocycles. The summed E-state index contributed by atoms with van der Waals surface area (Å²) in [5, 5.41) is 11.4. The number of benzene rings is 1. The van der Waals surface area contributed by atoms with Crippen molar-refractivity contribution in [2.45, 2.75) is 38.0 Å². The van der Waals surface area contributed by atoms with Gasteiger partial charge in [0.25, 0.3) is 0 Å². The molecule has 0 amide bonds. The van der Waals surface area contributed by atoms with Crippen LogP contribution in [0, 0.1) is 10.1 Å². The molecule has 0 heterocycles. The third-order valence-electron chi connectivity index (χ3n) is 3.26. The fourth-order valence-electron chi connectivity index (χ4n) is 2.17. The summed E-state index contributed by atoms with van der Waals surface area (Å²) in [4.78, 5) is 10.6. The van der Waals surface area contributed by atoms with Crippen molar-refractivity contribution in [1.29, 1.82) is 0 Å². The van der Waals surface area contributed by atoms with Crippen LogP contribution in [0.25, 0.3) is 0 Å². The van der Waals surface area contributed by atoms with Gasteiger partial charge in [0.05, 0.1) is 9.40 Å². The van der Waals surface area contributed by atoms with Crippen molar-refractivity contribution >= 4 is 33.2 Å². The number of hydrogen-bond acceptors (Lipinski definition) is 5. The highest BCUT2D eigenvalue weighted by Gasteiger charge is 2.42. The molecule has 0 bridgehead atoms. The lowest BCUT2D eigenvalue weighted by molar-refractivity contribution is -0.386. The maximum absolute atomic E-state index is 11.1. The van der Waals surface area contributed by atoms with Gasteiger partial charge in [-0.1, -0.05) is 18.5 Å². The first kappa shape index (κ1) is 16.5. The summed E-state index contributed by atoms with van der Waals surface area (Å²) < 4.78 is 11.8. The number of nitrogens with two attached hydrogens (primary N) is 1. The molecule has 0 aliphatic heterocycles. The second-order valence-electron chi connectivity index (χ2n) is 4.88. The molecular weight excluding hydrogens is 364 g/mol. The lowest BCUT2D eigenvalue weighted by atomic mass is 9.86. The molecule has 3 atom stereocenters. The molecule has 2 N–H and O–H groups in total. The zero-order chi connectivity index (χ0) is 15.6. The highest BCUT2D eigenvalue weighted by atomic mass is 79.9. The first-order valence-corrected chi connectivity index (χ1v) is 7.78. The maximum Gasteiger partial charge on any atom is 0.313 e. The van der Waals surface area contributed by atoms with Crippen molar-refractivity contribution < 1.29 is 14.4 Å². The molecule has 0 spiro atoms. The second-order valence-corrected chi connectivity index (χ2v) is 6.18. The Morgan fingerprint density at radius 1 is 1.57 bits per heavy atom. The normalized spacial score (nSPS) is 24.5. The first-order chi connectivity index (χ1) is 9.93. The molecular formula is C13H16BrClN2O4. The summed E-state index contributed by atoms with van der Waals surface area (Å²) >= 11 is 9.09. The van der Waals surface area contributed by atoms with Crippen LogP contribution in [-0.4, -0.2) is 29.8 Å². The van der Waals surface area contributed by atoms with Crippen LogP contribution in [0.15, 0.2) is 16.6 Å². The molecule has 8 heteroatoms. The predicted molar refractivity (Wildman–Crippen MR) is 82.8 cm³/mol. The average Bonchev–Trinajstić information content (AvgIpc) is 2.40. The summed E-state index contributed by atoms with van der Waals surface area (Å²) in [6, 6.07) is 2.72. The molecule has 2 rings (SSSR count). The van der Waals surface area contributed by atoms with Crippen molar-refractivity contribution in [1.82, 2.24) is 0 Å². The highest BCUT2D eigenvalue weighted by molar-refractivity contribution is 9.10. The smallest absolute Gasteiger partial charge is 0.313 e. The topological polar surface area (TPSA) is 87.6 Å². The molecule has 21 heavy (non-hydrogen) atoms. The van der Waals surface area contributed by atoms with Crippen molar-refractivity contribution in [3.63, 3.8) is 0 Å². The summed E-state index contributed by atoms with van der Waals surface area (Å²) in [7, 11) is 0. The number of halogens is 2. The van der Waals surface area contributed by atoms with Gasteiger partial charge < -0.3 is 15.2 Å². The molecule has 1 fully saturated rings. The van der Waals surface area contributed by atoms with E-state index in [9.17, 15) is 10.1 Å². The standard InChI is InChI=1S/C13H16BrClN2O4/c1-2-3-20-13-9(16)6-11(13)21-12-8(14)4-7(15)5-10(12)17(18)19/h4-5,9,11,13H,2-3,6,16H2,1H3. The Labute approximate surface area is 135 Å². The number of ether oxygens (including phenoxy) is 2. The van der Waals surface area contributed by atoms with Crippen LogP contribution in [0.1, 0.15) is 19.8 Å². The van der Waals surface area contributed by atoms with Gasteiger partial charge in [-0.25, -0.2) is 0 Å². The van der Waals surface area contributed by atoms with E-state index >= 15 is 0 Å². The van der Waals surface area contributed by atoms with E-state index in [1.165, 1.54) is 6.07 Å². The van der Waals surface area contributed by atoms with Gasteiger partial charge in [0.15, 0.2) is 0 Å². The minimum Gasteiger partial charge on any atom is -0.480 e. The average molecular weight is 380 g/mol. The minimum absolute atomic E-state index is 0.105. The van der Waals surface area contributed by atoms with Gasteiger partial charge in [0.1, 0.15) is 12.2 Å². The van der Waals surface area contributed by atoms with Gasteiger partial charge in [-0.05, 0) is 28.4 Å². The van der Waals surface area contributed by atoms with Crippen LogP contribution in [0.4, 0.5) is 5.69 Å². The Morgan fingerprint density at radius 2 is 2.29 bits per heavy atom. The lowest BCUT2D eigenvalue weighted by Crippen LogP contribution is -2.59. The number of nitrogens with zero attached hydrogens (tertiary/aromatic N) is 1. The fraction of sp³-hybridized carbons (Fsp3) is 0.538. The Bertz CT molecular complexity index is 543. The largest absolute Gasteiger partial charge is 0.480 e. The first-order valence-electron chi connectivity index (χ1n) is 6.61. The third kappa shape index (κ3) is 3.66. The Kier molecular flexibility index (Phi) is 5.43. The van der Waals surface area contributed by atoms with Crippen LogP contribution in [0.3, 0.4) is 0 Å². The molecule has 0 saturated heterocycles. The van der Waals surface area contributed by atoms with Crippen molar-refractivity contribution in [2.75, 3.05) is 6.61 Å². The van der Waals surface area contributed by atoms with E-state index in [0.29, 0.717) is 17.5 Å². The van der Waals surface area contributed by atoms with Gasteiger partial charge in [0.2, 0.25) is 5.75 Å². The molecule has 116 valence electrons. The van der Waals surface area contributed by atoms with Crippen molar-refractivity contribution in [2.24, 2.45) is 5.73 Å².